The van der Waals surface area contributed by atoms with Crippen molar-refractivity contribution < 1.29 is 4.79 Å². The van der Waals surface area contributed by atoms with Crippen LogP contribution in [-0.2, 0) is 6.54 Å². The van der Waals surface area contributed by atoms with Crippen molar-refractivity contribution in [1.29, 1.82) is 0 Å². The van der Waals surface area contributed by atoms with Gasteiger partial charge in [-0.2, -0.15) is 0 Å². The Morgan fingerprint density at radius 2 is 1.68 bits per heavy atom. The molecule has 1 aliphatic heterocycles. The molecule has 0 aromatic heterocycles. The van der Waals surface area contributed by atoms with E-state index in [4.69, 9.17) is 5.73 Å². The lowest BCUT2D eigenvalue weighted by molar-refractivity contribution is 0.0628. The Bertz CT molecular complexity index is 634. The van der Waals surface area contributed by atoms with Crippen LogP contribution in [0.2, 0.25) is 0 Å². The van der Waals surface area contributed by atoms with Gasteiger partial charge >= 0.3 is 0 Å². The molecular formula is C18H21N3O. The zero-order valence-corrected chi connectivity index (χ0v) is 12.6. The highest BCUT2D eigenvalue weighted by molar-refractivity contribution is 5.94. The van der Waals surface area contributed by atoms with Crippen LogP contribution in [0.1, 0.15) is 15.9 Å². The number of amides is 1. The number of carbonyl (C=O) groups is 1. The first-order valence-corrected chi connectivity index (χ1v) is 7.63. The summed E-state index contributed by atoms with van der Waals surface area (Å²) in [5, 5.41) is 0. The molecule has 0 unspecified atom stereocenters. The van der Waals surface area contributed by atoms with Crippen molar-refractivity contribution in [2.75, 3.05) is 31.9 Å². The van der Waals surface area contributed by atoms with E-state index in [9.17, 15) is 4.79 Å². The number of rotatable bonds is 3. The van der Waals surface area contributed by atoms with E-state index in [1.807, 2.05) is 53.4 Å². The Morgan fingerprint density at radius 1 is 0.955 bits per heavy atom. The molecule has 2 aromatic rings. The molecular weight excluding hydrogens is 274 g/mol. The minimum atomic E-state index is 0.129. The lowest BCUT2D eigenvalue weighted by Gasteiger charge is -2.34. The lowest BCUT2D eigenvalue weighted by atomic mass is 10.1. The van der Waals surface area contributed by atoms with E-state index in [0.29, 0.717) is 0 Å². The molecule has 1 fully saturated rings. The first-order chi connectivity index (χ1) is 10.7. The van der Waals surface area contributed by atoms with Gasteiger partial charge in [0, 0.05) is 44.0 Å². The first-order valence-electron chi connectivity index (χ1n) is 7.63. The summed E-state index contributed by atoms with van der Waals surface area (Å²) in [6.45, 7) is 4.23. The molecule has 1 aliphatic rings. The summed E-state index contributed by atoms with van der Waals surface area (Å²) >= 11 is 0. The largest absolute Gasteiger partial charge is 0.399 e. The number of hydrogen-bond donors (Lipinski definition) is 1. The molecule has 0 atom stereocenters. The maximum absolute atomic E-state index is 12.4. The monoisotopic (exact) mass is 295 g/mol. The van der Waals surface area contributed by atoms with Crippen molar-refractivity contribution in [1.82, 2.24) is 9.80 Å². The molecule has 0 bridgehead atoms. The molecule has 1 heterocycles. The van der Waals surface area contributed by atoms with Gasteiger partial charge < -0.3 is 10.6 Å². The lowest BCUT2D eigenvalue weighted by Crippen LogP contribution is -2.48. The highest BCUT2D eigenvalue weighted by Crippen LogP contribution is 2.13. The Labute approximate surface area is 131 Å². The summed E-state index contributed by atoms with van der Waals surface area (Å²) in [6, 6.07) is 17.5. The van der Waals surface area contributed by atoms with E-state index >= 15 is 0 Å². The van der Waals surface area contributed by atoms with Crippen LogP contribution in [0.5, 0.6) is 0 Å². The first kappa shape index (κ1) is 14.6. The van der Waals surface area contributed by atoms with Gasteiger partial charge in [0.15, 0.2) is 0 Å². The topological polar surface area (TPSA) is 49.6 Å². The summed E-state index contributed by atoms with van der Waals surface area (Å²) in [5.41, 5.74) is 8.61. The van der Waals surface area contributed by atoms with Crippen LogP contribution in [0.25, 0.3) is 0 Å². The molecule has 0 aliphatic carbocycles. The van der Waals surface area contributed by atoms with Gasteiger partial charge in [0.25, 0.3) is 5.91 Å². The maximum atomic E-state index is 12.4. The van der Waals surface area contributed by atoms with Crippen molar-refractivity contribution in [3.8, 4) is 0 Å². The molecule has 2 N–H and O–H groups in total. The van der Waals surface area contributed by atoms with E-state index in [1.165, 1.54) is 5.56 Å². The number of nitrogens with two attached hydrogens (primary N) is 1. The summed E-state index contributed by atoms with van der Waals surface area (Å²) in [7, 11) is 0. The summed E-state index contributed by atoms with van der Waals surface area (Å²) in [6.07, 6.45) is 0. The van der Waals surface area contributed by atoms with Crippen molar-refractivity contribution in [3.63, 3.8) is 0 Å². The highest BCUT2D eigenvalue weighted by Gasteiger charge is 2.21. The fraction of sp³-hybridized carbons (Fsp3) is 0.278. The average Bonchev–Trinajstić information content (AvgIpc) is 2.56. The molecule has 0 saturated carbocycles. The number of carbonyl (C=O) groups excluding carboxylic acids is 1. The van der Waals surface area contributed by atoms with Gasteiger partial charge in [-0.15, -0.1) is 0 Å². The van der Waals surface area contributed by atoms with E-state index < -0.39 is 0 Å². The van der Waals surface area contributed by atoms with E-state index in [1.54, 1.807) is 0 Å². The molecule has 22 heavy (non-hydrogen) atoms. The van der Waals surface area contributed by atoms with E-state index in [-0.39, 0.29) is 5.91 Å². The van der Waals surface area contributed by atoms with Crippen LogP contribution in [0, 0.1) is 0 Å². The van der Waals surface area contributed by atoms with Gasteiger partial charge in [0.05, 0.1) is 0 Å². The number of anilines is 1. The zero-order chi connectivity index (χ0) is 15.4. The molecule has 0 spiro atoms. The van der Waals surface area contributed by atoms with Crippen molar-refractivity contribution in [2.45, 2.75) is 6.54 Å². The summed E-state index contributed by atoms with van der Waals surface area (Å²) in [5.74, 6) is 0.129. The summed E-state index contributed by atoms with van der Waals surface area (Å²) < 4.78 is 0. The summed E-state index contributed by atoms with van der Waals surface area (Å²) in [4.78, 5) is 16.7. The second-order valence-corrected chi connectivity index (χ2v) is 5.68. The zero-order valence-electron chi connectivity index (χ0n) is 12.6. The molecule has 3 rings (SSSR count). The molecule has 2 aromatic carbocycles. The number of benzene rings is 2. The van der Waals surface area contributed by atoms with Gasteiger partial charge in [-0.25, -0.2) is 0 Å². The van der Waals surface area contributed by atoms with Crippen molar-refractivity contribution >= 4 is 11.6 Å². The Balaban J connectivity index is 1.55. The van der Waals surface area contributed by atoms with Crippen LogP contribution >= 0.6 is 0 Å². The average molecular weight is 295 g/mol. The third-order valence-electron chi connectivity index (χ3n) is 4.04. The van der Waals surface area contributed by atoms with Crippen molar-refractivity contribution in [2.24, 2.45) is 0 Å². The van der Waals surface area contributed by atoms with E-state index in [2.05, 4.69) is 11.0 Å². The van der Waals surface area contributed by atoms with Gasteiger partial charge in [-0.05, 0) is 29.8 Å². The number of nitrogen functional groups attached to an aromatic ring is 1. The minimum Gasteiger partial charge on any atom is -0.399 e. The van der Waals surface area contributed by atoms with Gasteiger partial charge in [0.1, 0.15) is 0 Å². The SMILES string of the molecule is Nc1cccc(CN2CCN(C(=O)c3ccccc3)CC2)c1. The van der Waals surface area contributed by atoms with Crippen LogP contribution in [0.4, 0.5) is 5.69 Å². The second-order valence-electron chi connectivity index (χ2n) is 5.68. The molecule has 4 heteroatoms. The Kier molecular flexibility index (Phi) is 4.39. The molecule has 114 valence electrons. The Hall–Kier alpha value is -2.33. The fourth-order valence-electron chi connectivity index (χ4n) is 2.82. The van der Waals surface area contributed by atoms with Gasteiger partial charge in [-0.1, -0.05) is 30.3 Å². The molecule has 1 amide bonds. The van der Waals surface area contributed by atoms with Crippen molar-refractivity contribution in [3.05, 3.63) is 65.7 Å². The fourth-order valence-corrected chi connectivity index (χ4v) is 2.82. The minimum absolute atomic E-state index is 0.129. The van der Waals surface area contributed by atoms with Crippen LogP contribution in [0.3, 0.4) is 0 Å². The predicted molar refractivity (Wildman–Crippen MR) is 88.5 cm³/mol. The number of hydrogen-bond acceptors (Lipinski definition) is 3. The van der Waals surface area contributed by atoms with Gasteiger partial charge in [-0.3, -0.25) is 9.69 Å². The molecule has 1 saturated heterocycles. The maximum Gasteiger partial charge on any atom is 0.253 e. The smallest absolute Gasteiger partial charge is 0.253 e. The van der Waals surface area contributed by atoms with Crippen LogP contribution < -0.4 is 5.73 Å². The van der Waals surface area contributed by atoms with Crippen LogP contribution in [-0.4, -0.2) is 41.9 Å². The molecule has 4 nitrogen and oxygen atoms in total. The predicted octanol–water partition coefficient (Wildman–Crippen LogP) is 2.23. The highest BCUT2D eigenvalue weighted by atomic mass is 16.2. The van der Waals surface area contributed by atoms with Crippen LogP contribution in [0.15, 0.2) is 54.6 Å². The van der Waals surface area contributed by atoms with Gasteiger partial charge in [0.2, 0.25) is 0 Å². The third-order valence-corrected chi connectivity index (χ3v) is 4.04. The molecule has 0 radical (unpaired) electrons. The second kappa shape index (κ2) is 6.62. The van der Waals surface area contributed by atoms with E-state index in [0.717, 1.165) is 44.0 Å². The number of piperazine rings is 1. The Morgan fingerprint density at radius 3 is 2.36 bits per heavy atom. The third kappa shape index (κ3) is 3.46. The quantitative estimate of drug-likeness (QED) is 0.883. The normalized spacial score (nSPS) is 15.7. The number of nitrogens with zero attached hydrogens (tertiary/aromatic N) is 2. The standard InChI is InChI=1S/C18H21N3O/c19-17-8-4-5-15(13-17)14-20-9-11-21(12-10-20)18(22)16-6-2-1-3-7-16/h1-8,13H,9-12,14,19H2.